The van der Waals surface area contributed by atoms with Gasteiger partial charge in [-0.2, -0.15) is 0 Å². The number of Topliss-reactive ketones (excluding diaryl/α,β-unsaturated/α-hetero) is 1. The summed E-state index contributed by atoms with van der Waals surface area (Å²) in [6.45, 7) is 2.11. The lowest BCUT2D eigenvalue weighted by molar-refractivity contribution is -0.139. The van der Waals surface area contributed by atoms with Crippen molar-refractivity contribution in [3.05, 3.63) is 64.7 Å². The molecule has 0 spiro atoms. The summed E-state index contributed by atoms with van der Waals surface area (Å²) in [7, 11) is 1.24. The molecule has 0 aliphatic carbocycles. The molecule has 0 fully saturated rings. The van der Waals surface area contributed by atoms with Crippen LogP contribution >= 0.6 is 11.6 Å². The zero-order chi connectivity index (χ0) is 19.4. The molecule has 0 saturated heterocycles. The van der Waals surface area contributed by atoms with E-state index in [1.54, 1.807) is 48.5 Å². The van der Waals surface area contributed by atoms with Gasteiger partial charge in [0.2, 0.25) is 0 Å². The Morgan fingerprint density at radius 3 is 2.56 bits per heavy atom. The maximum absolute atomic E-state index is 12.7. The van der Waals surface area contributed by atoms with Crippen LogP contribution in [0.2, 0.25) is 5.02 Å². The normalized spacial score (nSPS) is 16.7. The van der Waals surface area contributed by atoms with Gasteiger partial charge in [-0.15, -0.1) is 0 Å². The highest BCUT2D eigenvalue weighted by atomic mass is 35.5. The number of hydrogen-bond donors (Lipinski definition) is 0. The summed E-state index contributed by atoms with van der Waals surface area (Å²) in [6, 6.07) is 14.0. The van der Waals surface area contributed by atoms with Crippen molar-refractivity contribution in [1.29, 1.82) is 0 Å². The van der Waals surface area contributed by atoms with E-state index in [0.29, 0.717) is 28.5 Å². The van der Waals surface area contributed by atoms with Gasteiger partial charge in [0, 0.05) is 10.6 Å². The topological polar surface area (TPSA) is 61.8 Å². The van der Waals surface area contributed by atoms with Crippen LogP contribution in [0.5, 0.6) is 11.5 Å². The number of halogens is 1. The Kier molecular flexibility index (Phi) is 5.81. The molecule has 0 aromatic heterocycles. The smallest absolute Gasteiger partial charge is 0.345 e. The van der Waals surface area contributed by atoms with E-state index in [1.807, 2.05) is 6.92 Å². The summed E-state index contributed by atoms with van der Waals surface area (Å²) in [6.07, 6.45) is 0.588. The first kappa shape index (κ1) is 19.0. The monoisotopic (exact) mass is 386 g/mol. The Balaban J connectivity index is 1.98. The van der Waals surface area contributed by atoms with Crippen LogP contribution in [0.1, 0.15) is 18.9 Å². The van der Waals surface area contributed by atoms with Crippen LogP contribution < -0.4 is 4.74 Å². The van der Waals surface area contributed by atoms with E-state index < -0.39 is 5.97 Å². The maximum atomic E-state index is 12.7. The van der Waals surface area contributed by atoms with E-state index >= 15 is 0 Å². The fourth-order valence-electron chi connectivity index (χ4n) is 2.84. The number of methoxy groups -OCH3 is 1. The van der Waals surface area contributed by atoms with Crippen molar-refractivity contribution in [1.82, 2.24) is 0 Å². The summed E-state index contributed by atoms with van der Waals surface area (Å²) >= 11 is 5.98. The average Bonchev–Trinajstić information content (AvgIpc) is 2.67. The second-order valence-corrected chi connectivity index (χ2v) is 6.50. The predicted octanol–water partition coefficient (Wildman–Crippen LogP) is 4.64. The molecule has 1 aliphatic rings. The molecule has 0 saturated carbocycles. The van der Waals surface area contributed by atoms with Gasteiger partial charge in [-0.3, -0.25) is 4.79 Å². The lowest BCUT2D eigenvalue weighted by atomic mass is 9.91. The van der Waals surface area contributed by atoms with Gasteiger partial charge in [-0.25, -0.2) is 4.79 Å². The van der Waals surface area contributed by atoms with Crippen molar-refractivity contribution >= 4 is 29.1 Å². The fourth-order valence-corrected chi connectivity index (χ4v) is 3.02. The molecule has 27 heavy (non-hydrogen) atoms. The first-order chi connectivity index (χ1) is 13.0. The number of carbonyl (C=O) groups excluding carboxylic acids is 2. The Morgan fingerprint density at radius 1 is 1.19 bits per heavy atom. The van der Waals surface area contributed by atoms with Crippen molar-refractivity contribution < 1.29 is 23.8 Å². The SMILES string of the molecule is CCC1COC(c2cccc(Oc3cccc(Cl)c3)c2)=C(C(=O)OC)C1=O. The molecule has 3 rings (SSSR count). The molecular formula is C21H19ClO5. The summed E-state index contributed by atoms with van der Waals surface area (Å²) in [5.41, 5.74) is 0.508. The first-order valence-electron chi connectivity index (χ1n) is 8.57. The molecule has 1 aliphatic heterocycles. The number of rotatable bonds is 5. The molecular weight excluding hydrogens is 368 g/mol. The fraction of sp³-hybridized carbons (Fsp3) is 0.238. The molecule has 1 unspecified atom stereocenters. The number of hydrogen-bond acceptors (Lipinski definition) is 5. The number of benzene rings is 2. The van der Waals surface area contributed by atoms with Crippen molar-refractivity contribution in [2.45, 2.75) is 13.3 Å². The van der Waals surface area contributed by atoms with Gasteiger partial charge in [-0.1, -0.05) is 36.7 Å². The highest BCUT2D eigenvalue weighted by molar-refractivity contribution is 6.30. The van der Waals surface area contributed by atoms with Crippen molar-refractivity contribution in [2.75, 3.05) is 13.7 Å². The van der Waals surface area contributed by atoms with Gasteiger partial charge in [0.1, 0.15) is 22.8 Å². The second kappa shape index (κ2) is 8.27. The average molecular weight is 387 g/mol. The number of ether oxygens (including phenoxy) is 3. The van der Waals surface area contributed by atoms with Gasteiger partial charge in [0.15, 0.2) is 5.78 Å². The maximum Gasteiger partial charge on any atom is 0.345 e. The van der Waals surface area contributed by atoms with Gasteiger partial charge in [0.25, 0.3) is 0 Å². The van der Waals surface area contributed by atoms with Crippen LogP contribution in [0.4, 0.5) is 0 Å². The molecule has 6 heteroatoms. The summed E-state index contributed by atoms with van der Waals surface area (Å²) in [5, 5.41) is 0.561. The van der Waals surface area contributed by atoms with Crippen molar-refractivity contribution in [3.63, 3.8) is 0 Å². The van der Waals surface area contributed by atoms with Crippen LogP contribution in [0.3, 0.4) is 0 Å². The third-order valence-electron chi connectivity index (χ3n) is 4.28. The Labute approximate surface area is 162 Å². The van der Waals surface area contributed by atoms with Gasteiger partial charge in [0.05, 0.1) is 19.6 Å². The zero-order valence-corrected chi connectivity index (χ0v) is 15.8. The highest BCUT2D eigenvalue weighted by Gasteiger charge is 2.35. The van der Waals surface area contributed by atoms with Crippen LogP contribution in [-0.4, -0.2) is 25.5 Å². The van der Waals surface area contributed by atoms with E-state index in [-0.39, 0.29) is 29.6 Å². The highest BCUT2D eigenvalue weighted by Crippen LogP contribution is 2.33. The number of carbonyl (C=O) groups is 2. The van der Waals surface area contributed by atoms with Crippen LogP contribution in [0, 0.1) is 5.92 Å². The van der Waals surface area contributed by atoms with E-state index in [1.165, 1.54) is 7.11 Å². The van der Waals surface area contributed by atoms with Crippen molar-refractivity contribution in [2.24, 2.45) is 5.92 Å². The van der Waals surface area contributed by atoms with Gasteiger partial charge < -0.3 is 14.2 Å². The molecule has 0 bridgehead atoms. The largest absolute Gasteiger partial charge is 0.491 e. The summed E-state index contributed by atoms with van der Waals surface area (Å²) in [5.74, 6) is 0.0107. The minimum absolute atomic E-state index is 0.0597. The lowest BCUT2D eigenvalue weighted by Gasteiger charge is -2.25. The zero-order valence-electron chi connectivity index (χ0n) is 15.0. The molecule has 1 heterocycles. The molecule has 0 N–H and O–H groups in total. The quantitative estimate of drug-likeness (QED) is 0.553. The van der Waals surface area contributed by atoms with Crippen LogP contribution in [-0.2, 0) is 19.1 Å². The van der Waals surface area contributed by atoms with Crippen LogP contribution in [0.15, 0.2) is 54.1 Å². The predicted molar refractivity (Wildman–Crippen MR) is 102 cm³/mol. The molecule has 0 radical (unpaired) electrons. The van der Waals surface area contributed by atoms with Gasteiger partial charge >= 0.3 is 5.97 Å². The Morgan fingerprint density at radius 2 is 1.89 bits per heavy atom. The Hall–Kier alpha value is -2.79. The summed E-state index contributed by atoms with van der Waals surface area (Å²) in [4.78, 5) is 24.9. The molecule has 1 atom stereocenters. The Bertz CT molecular complexity index is 903. The molecule has 5 nitrogen and oxygen atoms in total. The standard InChI is InChI=1S/C21H19ClO5/c1-3-13-12-26-20(18(19(13)23)21(24)25-2)14-6-4-8-16(10-14)27-17-9-5-7-15(22)11-17/h4-11,13H,3,12H2,1-2H3. The first-order valence-corrected chi connectivity index (χ1v) is 8.94. The number of ketones is 1. The van der Waals surface area contributed by atoms with E-state index in [4.69, 9.17) is 25.8 Å². The number of esters is 1. The third-order valence-corrected chi connectivity index (χ3v) is 4.52. The molecule has 0 amide bonds. The molecule has 2 aromatic rings. The minimum Gasteiger partial charge on any atom is -0.491 e. The minimum atomic E-state index is -0.700. The lowest BCUT2D eigenvalue weighted by Crippen LogP contribution is -2.31. The molecule has 2 aromatic carbocycles. The van der Waals surface area contributed by atoms with E-state index in [0.717, 1.165) is 0 Å². The van der Waals surface area contributed by atoms with Crippen LogP contribution in [0.25, 0.3) is 5.76 Å². The van der Waals surface area contributed by atoms with E-state index in [2.05, 4.69) is 0 Å². The summed E-state index contributed by atoms with van der Waals surface area (Å²) < 4.78 is 16.4. The second-order valence-electron chi connectivity index (χ2n) is 6.06. The van der Waals surface area contributed by atoms with E-state index in [9.17, 15) is 9.59 Å². The third kappa shape index (κ3) is 4.14. The van der Waals surface area contributed by atoms with Crippen molar-refractivity contribution in [3.8, 4) is 11.5 Å². The van der Waals surface area contributed by atoms with Gasteiger partial charge in [-0.05, 0) is 36.8 Å². The molecule has 140 valence electrons.